The standard InChI is InChI=1S/C12H19BO3/c1-12(2,3)9-16-13(14)10-6-5-7-11(8-10)15-4/h5-8,14H,9H2,1-4H3. The number of ether oxygens (including phenoxy) is 1. The predicted octanol–water partition coefficient (Wildman–Crippen LogP) is 1.45. The van der Waals surface area contributed by atoms with Crippen molar-refractivity contribution < 1.29 is 14.4 Å². The zero-order chi connectivity index (χ0) is 12.2. The van der Waals surface area contributed by atoms with E-state index in [1.807, 2.05) is 18.2 Å². The van der Waals surface area contributed by atoms with E-state index in [1.165, 1.54) is 0 Å². The van der Waals surface area contributed by atoms with E-state index in [-0.39, 0.29) is 5.41 Å². The van der Waals surface area contributed by atoms with Crippen molar-refractivity contribution in [2.45, 2.75) is 20.8 Å². The van der Waals surface area contributed by atoms with Crippen LogP contribution in [0, 0.1) is 5.41 Å². The summed E-state index contributed by atoms with van der Waals surface area (Å²) in [5, 5.41) is 9.83. The number of methoxy groups -OCH3 is 1. The molecule has 1 rings (SSSR count). The molecule has 0 heterocycles. The first kappa shape index (κ1) is 13.1. The van der Waals surface area contributed by atoms with Gasteiger partial charge in [-0.25, -0.2) is 0 Å². The summed E-state index contributed by atoms with van der Waals surface area (Å²) >= 11 is 0. The van der Waals surface area contributed by atoms with Crippen LogP contribution < -0.4 is 10.2 Å². The average molecular weight is 222 g/mol. The fraction of sp³-hybridized carbons (Fsp3) is 0.500. The summed E-state index contributed by atoms with van der Waals surface area (Å²) in [6.45, 7) is 6.69. The molecule has 0 aliphatic carbocycles. The van der Waals surface area contributed by atoms with Crippen LogP contribution in [0.5, 0.6) is 5.75 Å². The van der Waals surface area contributed by atoms with E-state index in [1.54, 1.807) is 13.2 Å². The van der Waals surface area contributed by atoms with Crippen LogP contribution in [-0.4, -0.2) is 25.9 Å². The summed E-state index contributed by atoms with van der Waals surface area (Å²) in [7, 11) is 0.705. The summed E-state index contributed by atoms with van der Waals surface area (Å²) in [5.74, 6) is 0.718. The van der Waals surface area contributed by atoms with Crippen LogP contribution in [0.4, 0.5) is 0 Å². The highest BCUT2D eigenvalue weighted by Gasteiger charge is 2.20. The van der Waals surface area contributed by atoms with E-state index in [9.17, 15) is 5.02 Å². The molecular weight excluding hydrogens is 203 g/mol. The maximum absolute atomic E-state index is 9.83. The maximum Gasteiger partial charge on any atom is 0.491 e. The minimum Gasteiger partial charge on any atom is -0.497 e. The molecule has 0 unspecified atom stereocenters. The summed E-state index contributed by atoms with van der Waals surface area (Å²) in [6, 6.07) is 7.25. The van der Waals surface area contributed by atoms with Crippen molar-refractivity contribution in [2.75, 3.05) is 13.7 Å². The molecule has 3 nitrogen and oxygen atoms in total. The fourth-order valence-corrected chi connectivity index (χ4v) is 1.22. The highest BCUT2D eigenvalue weighted by molar-refractivity contribution is 6.60. The summed E-state index contributed by atoms with van der Waals surface area (Å²) in [5.41, 5.74) is 0.753. The maximum atomic E-state index is 9.83. The Morgan fingerprint density at radius 1 is 1.31 bits per heavy atom. The highest BCUT2D eigenvalue weighted by Crippen LogP contribution is 2.13. The zero-order valence-electron chi connectivity index (χ0n) is 10.4. The molecule has 0 fully saturated rings. The van der Waals surface area contributed by atoms with E-state index in [0.29, 0.717) is 12.1 Å². The first-order valence-corrected chi connectivity index (χ1v) is 5.36. The quantitative estimate of drug-likeness (QED) is 0.783. The van der Waals surface area contributed by atoms with E-state index < -0.39 is 7.12 Å². The minimum absolute atomic E-state index is 0.0415. The Hall–Kier alpha value is -0.995. The molecule has 0 aliphatic heterocycles. The smallest absolute Gasteiger partial charge is 0.491 e. The van der Waals surface area contributed by atoms with Crippen LogP contribution >= 0.6 is 0 Å². The summed E-state index contributed by atoms with van der Waals surface area (Å²) in [6.07, 6.45) is 0. The van der Waals surface area contributed by atoms with Crippen LogP contribution in [0.25, 0.3) is 0 Å². The Morgan fingerprint density at radius 2 is 2.00 bits per heavy atom. The second kappa shape index (κ2) is 5.37. The van der Waals surface area contributed by atoms with Crippen molar-refractivity contribution in [3.05, 3.63) is 24.3 Å². The van der Waals surface area contributed by atoms with E-state index in [2.05, 4.69) is 20.8 Å². The van der Waals surface area contributed by atoms with Gasteiger partial charge in [0.2, 0.25) is 0 Å². The first-order valence-electron chi connectivity index (χ1n) is 5.36. The lowest BCUT2D eigenvalue weighted by molar-refractivity contribution is 0.174. The lowest BCUT2D eigenvalue weighted by atomic mass is 9.79. The summed E-state index contributed by atoms with van der Waals surface area (Å²) < 4.78 is 10.5. The molecular formula is C12H19BO3. The fourth-order valence-electron chi connectivity index (χ4n) is 1.22. The lowest BCUT2D eigenvalue weighted by Gasteiger charge is -2.19. The van der Waals surface area contributed by atoms with Crippen molar-refractivity contribution in [3.8, 4) is 5.75 Å². The third-order valence-electron chi connectivity index (χ3n) is 2.05. The Labute approximate surface area is 97.5 Å². The minimum atomic E-state index is -0.894. The van der Waals surface area contributed by atoms with Gasteiger partial charge in [0, 0.05) is 6.61 Å². The predicted molar refractivity (Wildman–Crippen MR) is 66.0 cm³/mol. The van der Waals surface area contributed by atoms with Crippen molar-refractivity contribution in [1.29, 1.82) is 0 Å². The molecule has 0 amide bonds. The molecule has 0 radical (unpaired) electrons. The number of benzene rings is 1. The second-order valence-corrected chi connectivity index (χ2v) is 5.00. The summed E-state index contributed by atoms with van der Waals surface area (Å²) in [4.78, 5) is 0. The van der Waals surface area contributed by atoms with Gasteiger partial charge in [-0.2, -0.15) is 0 Å². The number of hydrogen-bond donors (Lipinski definition) is 1. The van der Waals surface area contributed by atoms with Gasteiger partial charge >= 0.3 is 7.12 Å². The molecule has 1 aromatic rings. The molecule has 0 saturated heterocycles. The van der Waals surface area contributed by atoms with Gasteiger partial charge in [-0.15, -0.1) is 0 Å². The van der Waals surface area contributed by atoms with Crippen LogP contribution in [0.2, 0.25) is 0 Å². The van der Waals surface area contributed by atoms with E-state index in [0.717, 1.165) is 5.75 Å². The van der Waals surface area contributed by atoms with Crippen molar-refractivity contribution in [3.63, 3.8) is 0 Å². The molecule has 0 spiro atoms. The number of hydrogen-bond acceptors (Lipinski definition) is 3. The van der Waals surface area contributed by atoms with Crippen LogP contribution in [0.3, 0.4) is 0 Å². The van der Waals surface area contributed by atoms with Gasteiger partial charge in [0.05, 0.1) is 7.11 Å². The highest BCUT2D eigenvalue weighted by atomic mass is 16.5. The molecule has 1 aromatic carbocycles. The topological polar surface area (TPSA) is 38.7 Å². The molecule has 1 N–H and O–H groups in total. The third-order valence-corrected chi connectivity index (χ3v) is 2.05. The Balaban J connectivity index is 2.62. The van der Waals surface area contributed by atoms with Crippen molar-refractivity contribution in [2.24, 2.45) is 5.41 Å². The van der Waals surface area contributed by atoms with Gasteiger partial charge < -0.3 is 14.4 Å². The number of rotatable bonds is 4. The molecule has 16 heavy (non-hydrogen) atoms. The van der Waals surface area contributed by atoms with Gasteiger partial charge in [0.1, 0.15) is 5.75 Å². The lowest BCUT2D eigenvalue weighted by Crippen LogP contribution is -2.36. The molecule has 0 atom stereocenters. The average Bonchev–Trinajstić information content (AvgIpc) is 2.25. The van der Waals surface area contributed by atoms with Gasteiger partial charge in [-0.1, -0.05) is 32.9 Å². The van der Waals surface area contributed by atoms with Crippen molar-refractivity contribution in [1.82, 2.24) is 0 Å². The largest absolute Gasteiger partial charge is 0.497 e. The monoisotopic (exact) mass is 222 g/mol. The molecule has 0 saturated carbocycles. The SMILES string of the molecule is COc1cccc(B(O)OCC(C)(C)C)c1. The Morgan fingerprint density at radius 3 is 2.56 bits per heavy atom. The van der Waals surface area contributed by atoms with Gasteiger partial charge in [-0.05, 0) is 23.0 Å². The van der Waals surface area contributed by atoms with Gasteiger partial charge in [0.15, 0.2) is 0 Å². The zero-order valence-corrected chi connectivity index (χ0v) is 10.4. The molecule has 0 aromatic heterocycles. The van der Waals surface area contributed by atoms with Crippen molar-refractivity contribution >= 4 is 12.6 Å². The van der Waals surface area contributed by atoms with Gasteiger partial charge in [0.25, 0.3) is 0 Å². The van der Waals surface area contributed by atoms with Crippen LogP contribution in [0.15, 0.2) is 24.3 Å². The molecule has 0 bridgehead atoms. The first-order chi connectivity index (χ1) is 7.42. The van der Waals surface area contributed by atoms with Crippen LogP contribution in [-0.2, 0) is 4.65 Å². The molecule has 88 valence electrons. The van der Waals surface area contributed by atoms with E-state index >= 15 is 0 Å². The Kier molecular flexibility index (Phi) is 4.39. The normalized spacial score (nSPS) is 11.3. The third kappa shape index (κ3) is 4.25. The molecule has 0 aliphatic rings. The molecule has 4 heteroatoms. The Bertz CT molecular complexity index is 333. The van der Waals surface area contributed by atoms with Gasteiger partial charge in [-0.3, -0.25) is 0 Å². The van der Waals surface area contributed by atoms with E-state index in [4.69, 9.17) is 9.39 Å². The van der Waals surface area contributed by atoms with Crippen LogP contribution in [0.1, 0.15) is 20.8 Å². The second-order valence-electron chi connectivity index (χ2n) is 5.00.